The summed E-state index contributed by atoms with van der Waals surface area (Å²) in [6.45, 7) is 4.36. The van der Waals surface area contributed by atoms with Gasteiger partial charge < -0.3 is 5.73 Å². The molecule has 88 valence electrons. The maximum absolute atomic E-state index is 5.67. The Labute approximate surface area is 96.2 Å². The molecule has 0 aromatic rings. The van der Waals surface area contributed by atoms with Crippen LogP contribution in [0.4, 0.5) is 0 Å². The lowest BCUT2D eigenvalue weighted by molar-refractivity contribution is 0.541. The van der Waals surface area contributed by atoms with E-state index in [1.54, 1.807) is 0 Å². The van der Waals surface area contributed by atoms with E-state index in [4.69, 9.17) is 5.73 Å². The van der Waals surface area contributed by atoms with Crippen LogP contribution in [0.15, 0.2) is 0 Å². The molecular formula is C12H28ClN. The van der Waals surface area contributed by atoms with Crippen molar-refractivity contribution < 1.29 is 0 Å². The Kier molecular flexibility index (Phi) is 15.8. The largest absolute Gasteiger partial charge is 0.328 e. The fourth-order valence-electron chi connectivity index (χ4n) is 1.60. The van der Waals surface area contributed by atoms with Gasteiger partial charge in [0.15, 0.2) is 0 Å². The highest BCUT2D eigenvalue weighted by Gasteiger charge is 1.94. The lowest BCUT2D eigenvalue weighted by Crippen LogP contribution is -2.13. The molecule has 0 spiro atoms. The summed E-state index contributed by atoms with van der Waals surface area (Å²) in [5.41, 5.74) is 5.67. The van der Waals surface area contributed by atoms with Crippen LogP contribution < -0.4 is 5.73 Å². The first-order valence-corrected chi connectivity index (χ1v) is 6.03. The molecule has 2 N–H and O–H groups in total. The van der Waals surface area contributed by atoms with Crippen molar-refractivity contribution in [1.82, 2.24) is 0 Å². The van der Waals surface area contributed by atoms with Crippen molar-refractivity contribution in [3.8, 4) is 0 Å². The molecule has 0 aliphatic rings. The fourth-order valence-corrected chi connectivity index (χ4v) is 1.60. The highest BCUT2D eigenvalue weighted by atomic mass is 35.5. The minimum absolute atomic E-state index is 0. The quantitative estimate of drug-likeness (QED) is 0.578. The van der Waals surface area contributed by atoms with Crippen LogP contribution in [0.25, 0.3) is 0 Å². The van der Waals surface area contributed by atoms with E-state index < -0.39 is 0 Å². The monoisotopic (exact) mass is 221 g/mol. The Morgan fingerprint density at radius 1 is 0.857 bits per heavy atom. The van der Waals surface area contributed by atoms with Crippen molar-refractivity contribution in [3.05, 3.63) is 0 Å². The summed E-state index contributed by atoms with van der Waals surface area (Å²) in [7, 11) is 0. The van der Waals surface area contributed by atoms with E-state index in [0.29, 0.717) is 6.04 Å². The van der Waals surface area contributed by atoms with Crippen molar-refractivity contribution in [3.63, 3.8) is 0 Å². The average molecular weight is 222 g/mol. The van der Waals surface area contributed by atoms with Crippen LogP contribution in [0, 0.1) is 0 Å². The Morgan fingerprint density at radius 3 is 1.71 bits per heavy atom. The van der Waals surface area contributed by atoms with Gasteiger partial charge in [-0.2, -0.15) is 0 Å². The highest BCUT2D eigenvalue weighted by molar-refractivity contribution is 5.85. The van der Waals surface area contributed by atoms with Gasteiger partial charge >= 0.3 is 0 Å². The molecule has 2 heteroatoms. The lowest BCUT2D eigenvalue weighted by atomic mass is 10.1. The third-order valence-corrected chi connectivity index (χ3v) is 2.51. The minimum Gasteiger partial charge on any atom is -0.328 e. The summed E-state index contributed by atoms with van der Waals surface area (Å²) in [6, 6.07) is 0.403. The summed E-state index contributed by atoms with van der Waals surface area (Å²) in [6.07, 6.45) is 12.4. The minimum atomic E-state index is 0. The maximum atomic E-state index is 5.67. The van der Waals surface area contributed by atoms with Crippen LogP contribution in [0.2, 0.25) is 0 Å². The molecule has 1 unspecified atom stereocenters. The van der Waals surface area contributed by atoms with Crippen molar-refractivity contribution in [2.75, 3.05) is 0 Å². The predicted octanol–water partition coefficient (Wildman–Crippen LogP) is 4.29. The summed E-state index contributed by atoms with van der Waals surface area (Å²) >= 11 is 0. The Bertz CT molecular complexity index is 94.3. The number of unbranched alkanes of at least 4 members (excludes halogenated alkanes) is 7. The van der Waals surface area contributed by atoms with Crippen molar-refractivity contribution in [2.45, 2.75) is 77.7 Å². The number of hydrogen-bond donors (Lipinski definition) is 1. The van der Waals surface area contributed by atoms with E-state index >= 15 is 0 Å². The second-order valence-electron chi connectivity index (χ2n) is 4.24. The summed E-state index contributed by atoms with van der Waals surface area (Å²) in [5.74, 6) is 0. The van der Waals surface area contributed by atoms with Gasteiger partial charge in [0.05, 0.1) is 0 Å². The molecule has 0 aromatic heterocycles. The molecule has 0 radical (unpaired) electrons. The summed E-state index contributed by atoms with van der Waals surface area (Å²) < 4.78 is 0. The molecular weight excluding hydrogens is 194 g/mol. The highest BCUT2D eigenvalue weighted by Crippen LogP contribution is 2.09. The molecule has 0 aromatic carbocycles. The number of rotatable bonds is 9. The molecule has 0 bridgehead atoms. The SMILES string of the molecule is CCCCCCCCCCC(C)N.Cl. The van der Waals surface area contributed by atoms with Gasteiger partial charge in [-0.3, -0.25) is 0 Å². The van der Waals surface area contributed by atoms with Gasteiger partial charge in [0.25, 0.3) is 0 Å². The van der Waals surface area contributed by atoms with Gasteiger partial charge in [0.2, 0.25) is 0 Å². The lowest BCUT2D eigenvalue weighted by Gasteiger charge is -2.04. The first-order chi connectivity index (χ1) is 6.27. The molecule has 0 saturated carbocycles. The van der Waals surface area contributed by atoms with E-state index in [1.807, 2.05) is 0 Å². The third-order valence-electron chi connectivity index (χ3n) is 2.51. The normalized spacial score (nSPS) is 12.2. The molecule has 0 rings (SSSR count). The Hall–Kier alpha value is 0.250. The van der Waals surface area contributed by atoms with Gasteiger partial charge in [-0.05, 0) is 13.3 Å². The van der Waals surface area contributed by atoms with Crippen molar-refractivity contribution in [2.24, 2.45) is 5.73 Å². The zero-order valence-electron chi connectivity index (χ0n) is 9.93. The van der Waals surface area contributed by atoms with Crippen LogP contribution in [0.1, 0.15) is 71.6 Å². The number of hydrogen-bond acceptors (Lipinski definition) is 1. The van der Waals surface area contributed by atoms with E-state index in [2.05, 4.69) is 13.8 Å². The summed E-state index contributed by atoms with van der Waals surface area (Å²) in [5, 5.41) is 0. The molecule has 0 amide bonds. The van der Waals surface area contributed by atoms with Crippen LogP contribution in [-0.2, 0) is 0 Å². The second-order valence-corrected chi connectivity index (χ2v) is 4.24. The van der Waals surface area contributed by atoms with Crippen LogP contribution in [-0.4, -0.2) is 6.04 Å². The smallest absolute Gasteiger partial charge is 0.00104 e. The first-order valence-electron chi connectivity index (χ1n) is 6.03. The molecule has 1 nitrogen and oxygen atoms in total. The maximum Gasteiger partial charge on any atom is 0.00104 e. The van der Waals surface area contributed by atoms with Crippen LogP contribution in [0.5, 0.6) is 0 Å². The molecule has 0 aliphatic carbocycles. The van der Waals surface area contributed by atoms with E-state index in [1.165, 1.54) is 57.8 Å². The zero-order chi connectivity index (χ0) is 9.94. The zero-order valence-corrected chi connectivity index (χ0v) is 10.7. The topological polar surface area (TPSA) is 26.0 Å². The van der Waals surface area contributed by atoms with Crippen LogP contribution in [0.3, 0.4) is 0 Å². The molecule has 0 saturated heterocycles. The predicted molar refractivity (Wildman–Crippen MR) is 68.1 cm³/mol. The van der Waals surface area contributed by atoms with E-state index in [-0.39, 0.29) is 12.4 Å². The van der Waals surface area contributed by atoms with Crippen LogP contribution >= 0.6 is 12.4 Å². The van der Waals surface area contributed by atoms with Gasteiger partial charge in [0.1, 0.15) is 0 Å². The van der Waals surface area contributed by atoms with Gasteiger partial charge in [0, 0.05) is 6.04 Å². The molecule has 0 fully saturated rings. The van der Waals surface area contributed by atoms with E-state index in [9.17, 15) is 0 Å². The number of halogens is 1. The van der Waals surface area contributed by atoms with Crippen molar-refractivity contribution in [1.29, 1.82) is 0 Å². The van der Waals surface area contributed by atoms with Gasteiger partial charge in [-0.15, -0.1) is 12.4 Å². The average Bonchev–Trinajstić information content (AvgIpc) is 2.09. The molecule has 1 atom stereocenters. The first kappa shape index (κ1) is 16.7. The Balaban J connectivity index is 0. The molecule has 0 aliphatic heterocycles. The second kappa shape index (κ2) is 13.2. The molecule has 0 heterocycles. The van der Waals surface area contributed by atoms with Crippen molar-refractivity contribution >= 4 is 12.4 Å². The van der Waals surface area contributed by atoms with Gasteiger partial charge in [-0.1, -0.05) is 58.3 Å². The number of nitrogens with two attached hydrogens (primary N) is 1. The standard InChI is InChI=1S/C12H27N.ClH/c1-3-4-5-6-7-8-9-10-11-12(2)13;/h12H,3-11,13H2,1-2H3;1H. The molecule has 14 heavy (non-hydrogen) atoms. The summed E-state index contributed by atoms with van der Waals surface area (Å²) in [4.78, 5) is 0. The third kappa shape index (κ3) is 14.8. The van der Waals surface area contributed by atoms with Gasteiger partial charge in [-0.25, -0.2) is 0 Å². The van der Waals surface area contributed by atoms with E-state index in [0.717, 1.165) is 0 Å². The Morgan fingerprint density at radius 2 is 1.29 bits per heavy atom. The fraction of sp³-hybridized carbons (Fsp3) is 1.00.